The van der Waals surface area contributed by atoms with Crippen LogP contribution in [-0.2, 0) is 13.6 Å². The molecule has 0 radical (unpaired) electrons. The van der Waals surface area contributed by atoms with E-state index in [2.05, 4.69) is 41.0 Å². The van der Waals surface area contributed by atoms with Gasteiger partial charge >= 0.3 is 0 Å². The summed E-state index contributed by atoms with van der Waals surface area (Å²) in [6, 6.07) is 12.0. The number of nitrogens with one attached hydrogen (secondary N) is 1. The van der Waals surface area contributed by atoms with E-state index in [0.29, 0.717) is 6.54 Å². The Labute approximate surface area is 178 Å². The molecule has 0 saturated heterocycles. The van der Waals surface area contributed by atoms with Crippen molar-refractivity contribution in [2.75, 3.05) is 0 Å². The number of pyridine rings is 1. The minimum atomic E-state index is 0.669. The van der Waals surface area contributed by atoms with Crippen LogP contribution in [0.15, 0.2) is 61.4 Å². The van der Waals surface area contributed by atoms with Gasteiger partial charge in [-0.25, -0.2) is 0 Å². The lowest BCUT2D eigenvalue weighted by atomic mass is 9.97. The molecule has 0 spiro atoms. The second-order valence-electron chi connectivity index (χ2n) is 7.66. The molecule has 2 aromatic heterocycles. The van der Waals surface area contributed by atoms with Crippen LogP contribution in [0.2, 0.25) is 0 Å². The molecule has 0 unspecified atom stereocenters. The van der Waals surface area contributed by atoms with Crippen molar-refractivity contribution >= 4 is 11.3 Å². The molecule has 2 heterocycles. The number of hydrogen-bond acceptors (Lipinski definition) is 4. The van der Waals surface area contributed by atoms with Crippen molar-refractivity contribution in [1.82, 2.24) is 20.1 Å². The summed E-state index contributed by atoms with van der Waals surface area (Å²) in [6.45, 7) is 6.96. The first-order valence-electron chi connectivity index (χ1n) is 10.4. The number of ether oxygens (including phenoxy) is 1. The average molecular weight is 401 g/mol. The maximum absolute atomic E-state index is 6.25. The minimum Gasteiger partial charge on any atom is -0.457 e. The van der Waals surface area contributed by atoms with Crippen molar-refractivity contribution in [3.63, 3.8) is 0 Å². The molecule has 4 rings (SSSR count). The number of benzene rings is 1. The zero-order chi connectivity index (χ0) is 20.9. The van der Waals surface area contributed by atoms with E-state index in [1.54, 1.807) is 6.20 Å². The minimum absolute atomic E-state index is 0.669. The number of aryl methyl sites for hydroxylation is 1. The van der Waals surface area contributed by atoms with Crippen LogP contribution in [0.25, 0.3) is 11.3 Å². The third-order valence-corrected chi connectivity index (χ3v) is 5.59. The molecule has 154 valence electrons. The van der Waals surface area contributed by atoms with Crippen molar-refractivity contribution in [1.29, 1.82) is 0 Å². The zero-order valence-electron chi connectivity index (χ0n) is 17.7. The van der Waals surface area contributed by atoms with Crippen molar-refractivity contribution < 1.29 is 4.74 Å². The quantitative estimate of drug-likeness (QED) is 0.558. The standard InChI is InChI=1S/C25H28N4O/c1-18-23(19(2)27-17-21-12-15-28-29(21)3)10-7-11-25(18)30-22-13-14-26-24(16-22)20-8-5-4-6-9-20/h7-8,10-16,27H,2,4-6,9,17H2,1,3H3. The Balaban J connectivity index is 1.50. The van der Waals surface area contributed by atoms with Crippen LogP contribution in [0, 0.1) is 6.92 Å². The van der Waals surface area contributed by atoms with Crippen molar-refractivity contribution in [3.8, 4) is 11.5 Å². The summed E-state index contributed by atoms with van der Waals surface area (Å²) in [4.78, 5) is 4.55. The van der Waals surface area contributed by atoms with E-state index in [1.165, 1.54) is 18.4 Å². The SMILES string of the molecule is C=C(NCc1ccnn1C)c1cccc(Oc2ccnc(C3=CCCCC3)c2)c1C. The third-order valence-electron chi connectivity index (χ3n) is 5.59. The highest BCUT2D eigenvalue weighted by molar-refractivity contribution is 5.67. The fourth-order valence-electron chi connectivity index (χ4n) is 3.77. The van der Waals surface area contributed by atoms with Crippen LogP contribution >= 0.6 is 0 Å². The normalized spacial score (nSPS) is 13.6. The van der Waals surface area contributed by atoms with Crippen molar-refractivity contribution in [3.05, 3.63) is 84.0 Å². The molecule has 3 aromatic rings. The van der Waals surface area contributed by atoms with Crippen molar-refractivity contribution in [2.24, 2.45) is 7.05 Å². The number of rotatable bonds is 7. The largest absolute Gasteiger partial charge is 0.457 e. The summed E-state index contributed by atoms with van der Waals surface area (Å²) in [5, 5.41) is 7.60. The molecule has 1 aliphatic rings. The summed E-state index contributed by atoms with van der Waals surface area (Å²) >= 11 is 0. The molecule has 1 aliphatic carbocycles. The summed E-state index contributed by atoms with van der Waals surface area (Å²) < 4.78 is 8.11. The van der Waals surface area contributed by atoms with Gasteiger partial charge in [-0.1, -0.05) is 24.8 Å². The van der Waals surface area contributed by atoms with E-state index in [0.717, 1.165) is 52.6 Å². The van der Waals surface area contributed by atoms with Gasteiger partial charge in [0.1, 0.15) is 11.5 Å². The first kappa shape index (κ1) is 20.0. The maximum atomic E-state index is 6.25. The van der Waals surface area contributed by atoms with Gasteiger partial charge in [0.05, 0.1) is 17.9 Å². The van der Waals surface area contributed by atoms with Crippen LogP contribution in [-0.4, -0.2) is 14.8 Å². The van der Waals surface area contributed by atoms with Gasteiger partial charge < -0.3 is 10.1 Å². The Bertz CT molecular complexity index is 1080. The van der Waals surface area contributed by atoms with E-state index in [4.69, 9.17) is 4.74 Å². The van der Waals surface area contributed by atoms with E-state index in [1.807, 2.05) is 48.3 Å². The molecular weight excluding hydrogens is 372 g/mol. The molecular formula is C25H28N4O. The molecule has 0 fully saturated rings. The van der Waals surface area contributed by atoms with Crippen molar-refractivity contribution in [2.45, 2.75) is 39.2 Å². The van der Waals surface area contributed by atoms with Crippen LogP contribution in [0.3, 0.4) is 0 Å². The monoisotopic (exact) mass is 400 g/mol. The number of aromatic nitrogens is 3. The molecule has 0 aliphatic heterocycles. The van der Waals surface area contributed by atoms with Gasteiger partial charge in [-0.15, -0.1) is 0 Å². The molecule has 1 N–H and O–H groups in total. The molecule has 0 amide bonds. The fraction of sp³-hybridized carbons (Fsp3) is 0.280. The lowest BCUT2D eigenvalue weighted by Crippen LogP contribution is -2.14. The number of hydrogen-bond donors (Lipinski definition) is 1. The fourth-order valence-corrected chi connectivity index (χ4v) is 3.77. The van der Waals surface area contributed by atoms with Gasteiger partial charge in [0.2, 0.25) is 0 Å². The number of nitrogens with zero attached hydrogens (tertiary/aromatic N) is 3. The predicted octanol–water partition coefficient (Wildman–Crippen LogP) is 5.63. The zero-order valence-corrected chi connectivity index (χ0v) is 17.7. The van der Waals surface area contributed by atoms with Gasteiger partial charge in [0.25, 0.3) is 0 Å². The molecule has 0 bridgehead atoms. The Hall–Kier alpha value is -3.34. The van der Waals surface area contributed by atoms with Crippen LogP contribution < -0.4 is 10.1 Å². The van der Waals surface area contributed by atoms with E-state index < -0.39 is 0 Å². The smallest absolute Gasteiger partial charge is 0.131 e. The van der Waals surface area contributed by atoms with Gasteiger partial charge in [0.15, 0.2) is 0 Å². The molecule has 5 nitrogen and oxygen atoms in total. The molecule has 5 heteroatoms. The van der Waals surface area contributed by atoms with Gasteiger partial charge in [-0.3, -0.25) is 9.67 Å². The molecule has 30 heavy (non-hydrogen) atoms. The lowest BCUT2D eigenvalue weighted by Gasteiger charge is -2.16. The Morgan fingerprint density at radius 2 is 2.10 bits per heavy atom. The van der Waals surface area contributed by atoms with Gasteiger partial charge in [0, 0.05) is 42.3 Å². The summed E-state index contributed by atoms with van der Waals surface area (Å²) in [5.74, 6) is 1.63. The topological polar surface area (TPSA) is 52.0 Å². The van der Waals surface area contributed by atoms with E-state index in [-0.39, 0.29) is 0 Å². The predicted molar refractivity (Wildman–Crippen MR) is 121 cm³/mol. The molecule has 1 aromatic carbocycles. The Morgan fingerprint density at radius 3 is 2.87 bits per heavy atom. The second-order valence-corrected chi connectivity index (χ2v) is 7.66. The summed E-state index contributed by atoms with van der Waals surface area (Å²) in [5.41, 5.74) is 6.40. The first-order valence-corrected chi connectivity index (χ1v) is 10.4. The summed E-state index contributed by atoms with van der Waals surface area (Å²) in [6.07, 6.45) is 10.7. The molecule has 0 atom stereocenters. The van der Waals surface area contributed by atoms with Crippen LogP contribution in [0.1, 0.15) is 48.2 Å². The van der Waals surface area contributed by atoms with Gasteiger partial charge in [-0.05, 0) is 56.4 Å². The average Bonchev–Trinajstić information content (AvgIpc) is 3.19. The van der Waals surface area contributed by atoms with Crippen LogP contribution in [0.5, 0.6) is 11.5 Å². The lowest BCUT2D eigenvalue weighted by molar-refractivity contribution is 0.477. The van der Waals surface area contributed by atoms with E-state index in [9.17, 15) is 0 Å². The Morgan fingerprint density at radius 1 is 1.20 bits per heavy atom. The highest BCUT2D eigenvalue weighted by atomic mass is 16.5. The first-order chi connectivity index (χ1) is 14.6. The summed E-state index contributed by atoms with van der Waals surface area (Å²) in [7, 11) is 1.94. The maximum Gasteiger partial charge on any atom is 0.131 e. The van der Waals surface area contributed by atoms with E-state index >= 15 is 0 Å². The highest BCUT2D eigenvalue weighted by Crippen LogP contribution is 2.32. The second kappa shape index (κ2) is 8.99. The molecule has 0 saturated carbocycles. The third kappa shape index (κ3) is 4.46. The Kier molecular flexibility index (Phi) is 5.98. The van der Waals surface area contributed by atoms with Crippen LogP contribution in [0.4, 0.5) is 0 Å². The van der Waals surface area contributed by atoms with Gasteiger partial charge in [-0.2, -0.15) is 5.10 Å². The highest BCUT2D eigenvalue weighted by Gasteiger charge is 2.12. The number of allylic oxidation sites excluding steroid dienone is 2.